The minimum Gasteiger partial charge on any atom is -0.309 e. The summed E-state index contributed by atoms with van der Waals surface area (Å²) in [4.78, 5) is 1.04. The van der Waals surface area contributed by atoms with Gasteiger partial charge in [0.2, 0.25) is 0 Å². The fourth-order valence-electron chi connectivity index (χ4n) is 2.08. The summed E-state index contributed by atoms with van der Waals surface area (Å²) in [5.41, 5.74) is 2.61. The van der Waals surface area contributed by atoms with Crippen molar-refractivity contribution in [3.63, 3.8) is 0 Å². The van der Waals surface area contributed by atoms with Crippen molar-refractivity contribution in [2.45, 2.75) is 24.8 Å². The minimum atomic E-state index is 0.348. The molecule has 0 saturated carbocycles. The molecule has 0 aliphatic rings. The molecule has 112 valence electrons. The molecule has 0 aliphatic carbocycles. The fourth-order valence-corrected chi connectivity index (χ4v) is 3.46. The highest BCUT2D eigenvalue weighted by Crippen LogP contribution is 2.29. The molecule has 1 N–H and O–H groups in total. The number of nitrogens with one attached hydrogen (secondary N) is 1. The lowest BCUT2D eigenvalue weighted by molar-refractivity contribution is 0.601. The summed E-state index contributed by atoms with van der Waals surface area (Å²) in [6.07, 6.45) is 0. The highest BCUT2D eigenvalue weighted by molar-refractivity contribution is 7.99. The van der Waals surface area contributed by atoms with Gasteiger partial charge in [-0.3, -0.25) is 0 Å². The maximum atomic E-state index is 6.15. The molecule has 21 heavy (non-hydrogen) atoms. The third-order valence-electron chi connectivity index (χ3n) is 3.25. The monoisotopic (exact) mass is 339 g/mol. The number of hydrogen-bond donors (Lipinski definition) is 1. The Kier molecular flexibility index (Phi) is 6.43. The van der Waals surface area contributed by atoms with E-state index in [-0.39, 0.29) is 0 Å². The van der Waals surface area contributed by atoms with Crippen LogP contribution in [-0.4, -0.2) is 12.3 Å². The molecule has 0 aromatic heterocycles. The lowest BCUT2D eigenvalue weighted by atomic mass is 10.1. The average molecular weight is 340 g/mol. The summed E-state index contributed by atoms with van der Waals surface area (Å²) in [5.74, 6) is 0.955. The molecule has 0 saturated heterocycles. The van der Waals surface area contributed by atoms with Crippen LogP contribution in [0.3, 0.4) is 0 Å². The first-order valence-corrected chi connectivity index (χ1v) is 8.68. The van der Waals surface area contributed by atoms with E-state index >= 15 is 0 Å². The Morgan fingerprint density at radius 1 is 1.14 bits per heavy atom. The molecule has 1 nitrogen and oxygen atoms in total. The Morgan fingerprint density at radius 2 is 1.95 bits per heavy atom. The van der Waals surface area contributed by atoms with Crippen LogP contribution in [0.15, 0.2) is 47.4 Å². The van der Waals surface area contributed by atoms with Crippen molar-refractivity contribution in [2.75, 3.05) is 12.3 Å². The molecule has 4 heteroatoms. The lowest BCUT2D eigenvalue weighted by Crippen LogP contribution is -2.21. The lowest BCUT2D eigenvalue weighted by Gasteiger charge is -2.15. The normalized spacial score (nSPS) is 12.4. The van der Waals surface area contributed by atoms with E-state index in [1.54, 1.807) is 11.8 Å². The standard InChI is InChI=1S/C17H19Cl2NS/c1-12-4-3-5-14(10-12)13(2)20-8-9-21-17-11-15(18)6-7-16(17)19/h3-7,10-11,13,20H,8-9H2,1-2H3. The van der Waals surface area contributed by atoms with Crippen LogP contribution in [0.1, 0.15) is 24.1 Å². The van der Waals surface area contributed by atoms with Crippen molar-refractivity contribution in [2.24, 2.45) is 0 Å². The predicted molar refractivity (Wildman–Crippen MR) is 94.8 cm³/mol. The first kappa shape index (κ1) is 16.7. The van der Waals surface area contributed by atoms with Gasteiger partial charge in [0.15, 0.2) is 0 Å². The largest absolute Gasteiger partial charge is 0.309 e. The molecule has 0 fully saturated rings. The van der Waals surface area contributed by atoms with Crippen molar-refractivity contribution in [1.29, 1.82) is 0 Å². The molecule has 1 unspecified atom stereocenters. The van der Waals surface area contributed by atoms with Crippen molar-refractivity contribution >= 4 is 35.0 Å². The molecule has 2 aromatic rings. The van der Waals surface area contributed by atoms with Gasteiger partial charge in [0.1, 0.15) is 0 Å². The molecule has 0 aliphatic heterocycles. The summed E-state index contributed by atoms with van der Waals surface area (Å²) < 4.78 is 0. The quantitative estimate of drug-likeness (QED) is 0.531. The van der Waals surface area contributed by atoms with Crippen molar-refractivity contribution in [3.8, 4) is 0 Å². The maximum Gasteiger partial charge on any atom is 0.0542 e. The van der Waals surface area contributed by atoms with Gasteiger partial charge in [-0.1, -0.05) is 53.0 Å². The highest BCUT2D eigenvalue weighted by atomic mass is 35.5. The fraction of sp³-hybridized carbons (Fsp3) is 0.294. The number of halogens is 2. The van der Waals surface area contributed by atoms with E-state index in [2.05, 4.69) is 43.4 Å². The van der Waals surface area contributed by atoms with Crippen LogP contribution in [0.25, 0.3) is 0 Å². The molecule has 0 bridgehead atoms. The van der Waals surface area contributed by atoms with E-state index in [9.17, 15) is 0 Å². The summed E-state index contributed by atoms with van der Waals surface area (Å²) in [6.45, 7) is 5.22. The van der Waals surface area contributed by atoms with Crippen LogP contribution in [0.2, 0.25) is 10.0 Å². The molecule has 0 heterocycles. The van der Waals surface area contributed by atoms with Gasteiger partial charge in [-0.2, -0.15) is 0 Å². The number of rotatable bonds is 6. The molecular formula is C17H19Cl2NS. The first-order chi connectivity index (χ1) is 10.1. The van der Waals surface area contributed by atoms with E-state index in [4.69, 9.17) is 23.2 Å². The minimum absolute atomic E-state index is 0.348. The summed E-state index contributed by atoms with van der Waals surface area (Å²) >= 11 is 13.9. The number of hydrogen-bond acceptors (Lipinski definition) is 2. The Balaban J connectivity index is 1.80. The average Bonchev–Trinajstić information content (AvgIpc) is 2.46. The van der Waals surface area contributed by atoms with E-state index < -0.39 is 0 Å². The molecular weight excluding hydrogens is 321 g/mol. The smallest absolute Gasteiger partial charge is 0.0542 e. The number of benzene rings is 2. The van der Waals surface area contributed by atoms with Crippen molar-refractivity contribution in [3.05, 3.63) is 63.6 Å². The van der Waals surface area contributed by atoms with Gasteiger partial charge in [-0.15, -0.1) is 11.8 Å². The predicted octanol–water partition coefficient (Wildman–Crippen LogP) is 5.74. The molecule has 0 amide bonds. The Bertz CT molecular complexity index is 601. The van der Waals surface area contributed by atoms with Crippen LogP contribution in [0.4, 0.5) is 0 Å². The van der Waals surface area contributed by atoms with E-state index in [1.807, 2.05) is 18.2 Å². The van der Waals surface area contributed by atoms with Gasteiger partial charge in [0.25, 0.3) is 0 Å². The molecule has 2 rings (SSSR count). The third kappa shape index (κ3) is 5.23. The van der Waals surface area contributed by atoms with Crippen LogP contribution < -0.4 is 5.32 Å². The second-order valence-corrected chi connectivity index (χ2v) is 6.99. The molecule has 0 spiro atoms. The Morgan fingerprint density at radius 3 is 2.71 bits per heavy atom. The van der Waals surface area contributed by atoms with E-state index in [0.29, 0.717) is 6.04 Å². The highest BCUT2D eigenvalue weighted by Gasteiger charge is 2.05. The number of aryl methyl sites for hydroxylation is 1. The van der Waals surface area contributed by atoms with Crippen LogP contribution >= 0.6 is 35.0 Å². The molecule has 2 aromatic carbocycles. The van der Waals surface area contributed by atoms with Crippen LogP contribution in [0.5, 0.6) is 0 Å². The zero-order chi connectivity index (χ0) is 15.2. The van der Waals surface area contributed by atoms with Crippen LogP contribution in [-0.2, 0) is 0 Å². The Labute approximate surface area is 141 Å². The zero-order valence-electron chi connectivity index (χ0n) is 12.2. The maximum absolute atomic E-state index is 6.15. The Hall–Kier alpha value is -0.670. The van der Waals surface area contributed by atoms with Crippen molar-refractivity contribution in [1.82, 2.24) is 5.32 Å². The third-order valence-corrected chi connectivity index (χ3v) is 4.98. The van der Waals surface area contributed by atoms with Gasteiger partial charge in [0.05, 0.1) is 5.02 Å². The number of thioether (sulfide) groups is 1. The molecule has 1 atom stereocenters. The summed E-state index contributed by atoms with van der Waals surface area (Å²) in [7, 11) is 0. The van der Waals surface area contributed by atoms with Gasteiger partial charge >= 0.3 is 0 Å². The zero-order valence-corrected chi connectivity index (χ0v) is 14.5. The molecule has 0 radical (unpaired) electrons. The topological polar surface area (TPSA) is 12.0 Å². The second kappa shape index (κ2) is 8.09. The van der Waals surface area contributed by atoms with E-state index in [0.717, 1.165) is 27.2 Å². The SMILES string of the molecule is Cc1cccc(C(C)NCCSc2cc(Cl)ccc2Cl)c1. The van der Waals surface area contributed by atoms with Crippen molar-refractivity contribution < 1.29 is 0 Å². The van der Waals surface area contributed by atoms with Gasteiger partial charge < -0.3 is 5.32 Å². The van der Waals surface area contributed by atoms with Gasteiger partial charge in [-0.05, 0) is 37.6 Å². The van der Waals surface area contributed by atoms with Crippen LogP contribution in [0, 0.1) is 6.92 Å². The second-order valence-electron chi connectivity index (χ2n) is 5.01. The van der Waals surface area contributed by atoms with Gasteiger partial charge in [0, 0.05) is 28.3 Å². The van der Waals surface area contributed by atoms with E-state index in [1.165, 1.54) is 11.1 Å². The van der Waals surface area contributed by atoms with Gasteiger partial charge in [-0.25, -0.2) is 0 Å². The summed E-state index contributed by atoms with van der Waals surface area (Å²) in [5, 5.41) is 5.02. The first-order valence-electron chi connectivity index (χ1n) is 6.94. The summed E-state index contributed by atoms with van der Waals surface area (Å²) in [6, 6.07) is 14.5.